The van der Waals surface area contributed by atoms with Gasteiger partial charge in [0.05, 0.1) is 20.2 Å². The van der Waals surface area contributed by atoms with E-state index < -0.39 is 12.0 Å². The monoisotopic (exact) mass is 513 g/mol. The summed E-state index contributed by atoms with van der Waals surface area (Å²) in [5, 5.41) is 2.87. The van der Waals surface area contributed by atoms with Crippen LogP contribution < -0.4 is 10.1 Å². The predicted octanol–water partition coefficient (Wildman–Crippen LogP) is 4.20. The van der Waals surface area contributed by atoms with Gasteiger partial charge in [-0.05, 0) is 29.8 Å². The number of ether oxygens (including phenoxy) is 2. The summed E-state index contributed by atoms with van der Waals surface area (Å²) in [6.45, 7) is 2.84. The molecule has 3 aromatic rings. The molecule has 2 bridgehead atoms. The maximum absolute atomic E-state index is 13.6. The second-order valence-corrected chi connectivity index (χ2v) is 10.3. The topological polar surface area (TPSA) is 81.7 Å². The van der Waals surface area contributed by atoms with Gasteiger partial charge >= 0.3 is 5.97 Å². The molecule has 1 amide bonds. The number of nitrogens with one attached hydrogen (secondary N) is 1. The summed E-state index contributed by atoms with van der Waals surface area (Å²) in [6.07, 6.45) is 1.53. The smallest absolute Gasteiger partial charge is 0.333 e. The van der Waals surface area contributed by atoms with Crippen molar-refractivity contribution in [3.05, 3.63) is 102 Å². The van der Waals surface area contributed by atoms with Crippen LogP contribution in [0.4, 0.5) is 0 Å². The Kier molecular flexibility index (Phi) is 7.56. The lowest BCUT2D eigenvalue weighted by Gasteiger charge is -2.51. The molecule has 7 heteroatoms. The molecule has 3 aliphatic rings. The molecule has 3 saturated heterocycles. The van der Waals surface area contributed by atoms with Gasteiger partial charge in [0.15, 0.2) is 12.1 Å². The zero-order valence-corrected chi connectivity index (χ0v) is 21.5. The van der Waals surface area contributed by atoms with Gasteiger partial charge in [0, 0.05) is 29.9 Å². The molecule has 2 unspecified atom stereocenters. The zero-order chi connectivity index (χ0) is 26.5. The lowest BCUT2D eigenvalue weighted by molar-refractivity contribution is -0.938. The summed E-state index contributed by atoms with van der Waals surface area (Å²) < 4.78 is 11.9. The molecule has 3 aliphatic heterocycles. The van der Waals surface area contributed by atoms with Gasteiger partial charge in [-0.3, -0.25) is 9.59 Å². The Hall–Kier alpha value is -3.97. The number of fused-ring (bicyclic) bond motifs is 3. The summed E-state index contributed by atoms with van der Waals surface area (Å²) in [6, 6.07) is 24.3. The average molecular weight is 514 g/mol. The highest BCUT2D eigenvalue weighted by molar-refractivity contribution is 5.97. The number of piperidine rings is 3. The molecule has 2 atom stereocenters. The van der Waals surface area contributed by atoms with E-state index in [1.807, 2.05) is 60.7 Å². The lowest BCUT2D eigenvalue weighted by atomic mass is 9.82. The van der Waals surface area contributed by atoms with E-state index in [2.05, 4.69) is 5.32 Å². The molecular weight excluding hydrogens is 480 g/mol. The molecule has 0 saturated carbocycles. The number of carbonyl (C=O) groups is 3. The van der Waals surface area contributed by atoms with Crippen LogP contribution >= 0.6 is 0 Å². The van der Waals surface area contributed by atoms with Crippen LogP contribution in [0.3, 0.4) is 0 Å². The van der Waals surface area contributed by atoms with Crippen molar-refractivity contribution >= 4 is 17.7 Å². The molecule has 1 N–H and O–H groups in total. The minimum Gasteiger partial charge on any atom is -0.497 e. The molecular formula is C31H33N2O5+. The first-order valence-electron chi connectivity index (χ1n) is 13.1. The summed E-state index contributed by atoms with van der Waals surface area (Å²) in [5.41, 5.74) is 1.79. The van der Waals surface area contributed by atoms with Gasteiger partial charge in [0.1, 0.15) is 18.8 Å². The van der Waals surface area contributed by atoms with Crippen LogP contribution in [0.25, 0.3) is 0 Å². The van der Waals surface area contributed by atoms with Gasteiger partial charge in [-0.25, -0.2) is 4.79 Å². The fourth-order valence-electron chi connectivity index (χ4n) is 5.69. The van der Waals surface area contributed by atoms with Crippen molar-refractivity contribution in [3.63, 3.8) is 0 Å². The quantitative estimate of drug-likeness (QED) is 0.264. The summed E-state index contributed by atoms with van der Waals surface area (Å²) in [4.78, 5) is 39.7. The normalized spacial score (nSPS) is 22.8. The number of Topliss-reactive ketones (excluding diaryl/α,β-unsaturated/α-hetero) is 1. The van der Waals surface area contributed by atoms with Crippen LogP contribution in [0.5, 0.6) is 5.75 Å². The van der Waals surface area contributed by atoms with Crippen molar-refractivity contribution in [1.82, 2.24) is 5.32 Å². The van der Waals surface area contributed by atoms with Gasteiger partial charge in [0.25, 0.3) is 5.91 Å². The highest BCUT2D eigenvalue weighted by Crippen LogP contribution is 2.36. The third kappa shape index (κ3) is 5.63. The molecule has 6 rings (SSSR count). The van der Waals surface area contributed by atoms with Crippen LogP contribution in [0.2, 0.25) is 0 Å². The number of benzene rings is 3. The van der Waals surface area contributed by atoms with Crippen LogP contribution in [0.15, 0.2) is 84.9 Å². The first-order chi connectivity index (χ1) is 18.5. The Morgan fingerprint density at radius 2 is 1.50 bits per heavy atom. The van der Waals surface area contributed by atoms with E-state index in [1.54, 1.807) is 31.4 Å². The van der Waals surface area contributed by atoms with Gasteiger partial charge in [-0.2, -0.15) is 0 Å². The van der Waals surface area contributed by atoms with Gasteiger partial charge in [-0.1, -0.05) is 60.7 Å². The molecule has 3 heterocycles. The maximum Gasteiger partial charge on any atom is 0.333 e. The van der Waals surface area contributed by atoms with Crippen molar-refractivity contribution < 1.29 is 28.3 Å². The summed E-state index contributed by atoms with van der Waals surface area (Å²) in [7, 11) is 1.56. The maximum atomic E-state index is 13.6. The highest BCUT2D eigenvalue weighted by Gasteiger charge is 2.49. The number of methoxy groups -OCH3 is 1. The van der Waals surface area contributed by atoms with E-state index in [9.17, 15) is 14.4 Å². The molecule has 0 radical (unpaired) electrons. The number of amides is 1. The lowest BCUT2D eigenvalue weighted by Crippen LogP contribution is -2.66. The molecule has 3 aromatic carbocycles. The Morgan fingerprint density at radius 1 is 0.868 bits per heavy atom. The van der Waals surface area contributed by atoms with E-state index in [4.69, 9.17) is 9.47 Å². The second-order valence-electron chi connectivity index (χ2n) is 10.3. The van der Waals surface area contributed by atoms with Crippen molar-refractivity contribution in [2.45, 2.75) is 25.0 Å². The Balaban J connectivity index is 1.30. The van der Waals surface area contributed by atoms with Crippen molar-refractivity contribution in [2.24, 2.45) is 5.92 Å². The molecule has 0 aromatic heterocycles. The molecule has 0 spiro atoms. The Morgan fingerprint density at radius 3 is 2.13 bits per heavy atom. The average Bonchev–Trinajstić information content (AvgIpc) is 2.97. The first-order valence-corrected chi connectivity index (χ1v) is 13.1. The van der Waals surface area contributed by atoms with E-state index in [0.29, 0.717) is 40.0 Å². The number of esters is 1. The largest absolute Gasteiger partial charge is 0.497 e. The zero-order valence-electron chi connectivity index (χ0n) is 21.5. The Labute approximate surface area is 223 Å². The van der Waals surface area contributed by atoms with Gasteiger partial charge < -0.3 is 19.3 Å². The van der Waals surface area contributed by atoms with E-state index in [-0.39, 0.29) is 23.7 Å². The fourth-order valence-corrected chi connectivity index (χ4v) is 5.69. The van der Waals surface area contributed by atoms with Crippen LogP contribution in [0, 0.1) is 5.92 Å². The van der Waals surface area contributed by atoms with Crippen LogP contribution in [-0.2, 0) is 9.53 Å². The minimum atomic E-state index is -0.944. The third-order valence-corrected chi connectivity index (χ3v) is 7.88. The minimum absolute atomic E-state index is 0.116. The number of rotatable bonds is 9. The second kappa shape index (κ2) is 11.2. The van der Waals surface area contributed by atoms with Crippen molar-refractivity contribution in [3.8, 4) is 5.75 Å². The molecule has 3 fully saturated rings. The van der Waals surface area contributed by atoms with Crippen molar-refractivity contribution in [1.29, 1.82) is 0 Å². The predicted molar refractivity (Wildman–Crippen MR) is 143 cm³/mol. The van der Waals surface area contributed by atoms with E-state index in [1.165, 1.54) is 0 Å². The van der Waals surface area contributed by atoms with E-state index in [0.717, 1.165) is 25.9 Å². The van der Waals surface area contributed by atoms with Gasteiger partial charge in [-0.15, -0.1) is 0 Å². The molecule has 196 valence electrons. The number of quaternary nitrogens is 1. The number of carbonyl (C=O) groups excluding carboxylic acids is 3. The van der Waals surface area contributed by atoms with E-state index >= 15 is 0 Å². The van der Waals surface area contributed by atoms with Crippen LogP contribution in [-0.4, -0.2) is 61.5 Å². The van der Waals surface area contributed by atoms with Gasteiger partial charge in [0.2, 0.25) is 5.78 Å². The fraction of sp³-hybridized carbons (Fsp3) is 0.323. The number of hydrogen-bond donors (Lipinski definition) is 1. The van der Waals surface area contributed by atoms with Crippen molar-refractivity contribution in [2.75, 3.05) is 33.3 Å². The summed E-state index contributed by atoms with van der Waals surface area (Å²) in [5.74, 6) is 0.170. The molecule has 7 nitrogen and oxygen atoms in total. The number of ketones is 1. The molecule has 0 aliphatic carbocycles. The number of hydrogen-bond acceptors (Lipinski definition) is 5. The molecule has 38 heavy (non-hydrogen) atoms. The number of nitrogens with zero attached hydrogens (tertiary/aromatic N) is 1. The standard InChI is InChI=1S/C31H32N2O5/c1-37-26-14-12-25(13-15-26)30(35)32-29(24-10-6-3-7-11-24)31(36)38-28-21-33(18-16-23(28)17-19-33)20-27(34)22-8-4-2-5-9-22/h2-15,23,28-29H,16-21H2,1H3/p+1. The first kappa shape index (κ1) is 25.7. The van der Waals surface area contributed by atoms with Crippen LogP contribution in [0.1, 0.15) is 45.2 Å². The summed E-state index contributed by atoms with van der Waals surface area (Å²) >= 11 is 0. The Bertz CT molecular complexity index is 1270. The highest BCUT2D eigenvalue weighted by atomic mass is 16.5. The SMILES string of the molecule is COc1ccc(C(=O)NC(C(=O)OC2C[N+]3(CC(=O)c4ccccc4)CCC2CC3)c2ccccc2)cc1. The third-order valence-electron chi connectivity index (χ3n) is 7.88.